The van der Waals surface area contributed by atoms with Gasteiger partial charge in [-0.15, -0.1) is 5.10 Å². The van der Waals surface area contributed by atoms with E-state index in [-0.39, 0.29) is 43.7 Å². The van der Waals surface area contributed by atoms with Crippen LogP contribution in [-0.4, -0.2) is 79.3 Å². The van der Waals surface area contributed by atoms with Crippen LogP contribution in [0.4, 0.5) is 10.5 Å². The highest BCUT2D eigenvalue weighted by Gasteiger charge is 2.60. The number of benzene rings is 1. The van der Waals surface area contributed by atoms with Crippen LogP contribution < -0.4 is 5.32 Å². The zero-order valence-electron chi connectivity index (χ0n) is 23.5. The Morgan fingerprint density at radius 3 is 2.43 bits per heavy atom. The van der Waals surface area contributed by atoms with Crippen LogP contribution in [0.15, 0.2) is 41.9 Å². The summed E-state index contributed by atoms with van der Waals surface area (Å²) in [6.07, 6.45) is 0.374. The number of nitrogens with zero attached hydrogens (tertiary/aromatic N) is 6. The van der Waals surface area contributed by atoms with E-state index < -0.39 is 52.8 Å². The van der Waals surface area contributed by atoms with Gasteiger partial charge in [0.1, 0.15) is 31.8 Å². The third-order valence-electron chi connectivity index (χ3n) is 7.01. The zero-order valence-corrected chi connectivity index (χ0v) is 23.5. The molecule has 1 N–H and O–H groups in total. The summed E-state index contributed by atoms with van der Waals surface area (Å²) in [5.41, 5.74) is 0.720. The van der Waals surface area contributed by atoms with E-state index in [0.29, 0.717) is 11.1 Å². The van der Waals surface area contributed by atoms with Gasteiger partial charge in [0.2, 0.25) is 11.8 Å². The van der Waals surface area contributed by atoms with Crippen LogP contribution in [-0.2, 0) is 41.7 Å². The van der Waals surface area contributed by atoms with Crippen LogP contribution in [0.3, 0.4) is 0 Å². The highest BCUT2D eigenvalue weighted by molar-refractivity contribution is 6.01. The number of tetrazole rings is 1. The number of esters is 1. The number of non-ortho nitro benzene ring substituents is 1. The lowest BCUT2D eigenvalue weighted by Crippen LogP contribution is -2.66. The average molecular weight is 586 g/mol. The second-order valence-electron chi connectivity index (χ2n) is 10.5. The van der Waals surface area contributed by atoms with Crippen molar-refractivity contribution in [2.24, 2.45) is 17.8 Å². The number of β-lactam (4-membered cyclic amide) rings is 1. The van der Waals surface area contributed by atoms with Gasteiger partial charge in [-0.1, -0.05) is 20.8 Å². The first kappa shape index (κ1) is 30.1. The normalized spacial score (nSPS) is 20.1. The van der Waals surface area contributed by atoms with Crippen LogP contribution in [0.25, 0.3) is 0 Å². The van der Waals surface area contributed by atoms with Crippen LogP contribution in [0.1, 0.15) is 33.3 Å². The number of nitro benzene ring substituents is 1. The molecule has 0 aliphatic carbocycles. The molecule has 4 rings (SSSR count). The molecule has 224 valence electrons. The number of fused-ring (bicyclic) bond motifs is 1. The monoisotopic (exact) mass is 585 g/mol. The summed E-state index contributed by atoms with van der Waals surface area (Å²) in [7, 11) is 0. The molecule has 0 spiro atoms. The largest absolute Gasteiger partial charge is 0.508 e. The van der Waals surface area contributed by atoms with E-state index in [2.05, 4.69) is 20.8 Å². The van der Waals surface area contributed by atoms with E-state index in [1.807, 2.05) is 13.8 Å². The van der Waals surface area contributed by atoms with Gasteiger partial charge in [-0.2, -0.15) is 0 Å². The van der Waals surface area contributed by atoms with Gasteiger partial charge in [0, 0.05) is 29.7 Å². The Morgan fingerprint density at radius 2 is 1.81 bits per heavy atom. The number of aromatic nitrogens is 4. The first-order chi connectivity index (χ1) is 20.0. The van der Waals surface area contributed by atoms with E-state index in [9.17, 15) is 29.3 Å². The SMILES string of the molecule is CC(C)COC(=O)OCC1=C(C(=O)OCc2ccc([N+](=O)[O-])cc2)N2C(=O)[C@H]([C@@H](C)NC(=O)Cn3cnnn3)[C@H]2[C@H]1C. The lowest BCUT2D eigenvalue weighted by molar-refractivity contribution is -0.384. The van der Waals surface area contributed by atoms with Gasteiger partial charge in [0.25, 0.3) is 5.69 Å². The molecule has 1 aromatic carbocycles. The molecule has 4 atom stereocenters. The van der Waals surface area contributed by atoms with E-state index in [1.165, 1.54) is 40.2 Å². The van der Waals surface area contributed by atoms with E-state index >= 15 is 0 Å². The number of nitrogens with one attached hydrogen (secondary N) is 1. The summed E-state index contributed by atoms with van der Waals surface area (Å²) in [4.78, 5) is 63.1. The van der Waals surface area contributed by atoms with Crippen molar-refractivity contribution in [2.45, 2.75) is 52.9 Å². The molecule has 1 fully saturated rings. The Hall–Kier alpha value is -4.89. The molecular weight excluding hydrogens is 554 g/mol. The lowest BCUT2D eigenvalue weighted by Gasteiger charge is -2.48. The van der Waals surface area contributed by atoms with Crippen molar-refractivity contribution in [3.63, 3.8) is 0 Å². The third kappa shape index (κ3) is 6.53. The summed E-state index contributed by atoms with van der Waals surface area (Å²) >= 11 is 0. The number of nitro groups is 1. The Morgan fingerprint density at radius 1 is 1.10 bits per heavy atom. The van der Waals surface area contributed by atoms with Crippen molar-refractivity contribution >= 4 is 29.6 Å². The Labute approximate surface area is 240 Å². The Kier molecular flexibility index (Phi) is 9.12. The average Bonchev–Trinajstić information content (AvgIpc) is 3.53. The summed E-state index contributed by atoms with van der Waals surface area (Å²) < 4.78 is 17.1. The maximum absolute atomic E-state index is 13.4. The smallest absolute Gasteiger partial charge is 0.456 e. The minimum Gasteiger partial charge on any atom is -0.456 e. The van der Waals surface area contributed by atoms with E-state index in [0.717, 1.165) is 0 Å². The van der Waals surface area contributed by atoms with Crippen LogP contribution in [0.5, 0.6) is 0 Å². The van der Waals surface area contributed by atoms with Crippen molar-refractivity contribution < 1.29 is 38.3 Å². The first-order valence-electron chi connectivity index (χ1n) is 13.2. The van der Waals surface area contributed by atoms with Crippen molar-refractivity contribution in [2.75, 3.05) is 13.2 Å². The molecule has 1 aromatic heterocycles. The quantitative estimate of drug-likeness (QED) is 0.163. The molecule has 3 heterocycles. The third-order valence-corrected chi connectivity index (χ3v) is 7.01. The van der Waals surface area contributed by atoms with Crippen LogP contribution in [0.2, 0.25) is 0 Å². The molecule has 2 aromatic rings. The molecule has 0 radical (unpaired) electrons. The van der Waals surface area contributed by atoms with Crippen molar-refractivity contribution in [3.05, 3.63) is 57.5 Å². The van der Waals surface area contributed by atoms with Crippen molar-refractivity contribution in [3.8, 4) is 0 Å². The highest BCUT2D eigenvalue weighted by Crippen LogP contribution is 2.47. The number of hydrogen-bond donors (Lipinski definition) is 1. The molecule has 1 saturated heterocycles. The number of ether oxygens (including phenoxy) is 3. The van der Waals surface area contributed by atoms with Crippen molar-refractivity contribution in [1.82, 2.24) is 30.4 Å². The van der Waals surface area contributed by atoms with Gasteiger partial charge in [-0.3, -0.25) is 19.7 Å². The number of rotatable bonds is 12. The fraction of sp³-hybridized carbons (Fsp3) is 0.500. The first-order valence-corrected chi connectivity index (χ1v) is 13.2. The van der Waals surface area contributed by atoms with Gasteiger partial charge >= 0.3 is 12.1 Å². The number of carbonyl (C=O) groups excluding carboxylic acids is 4. The number of amides is 2. The van der Waals surface area contributed by atoms with Crippen LogP contribution >= 0.6 is 0 Å². The molecule has 0 unspecified atom stereocenters. The molecule has 16 heteroatoms. The number of hydrogen-bond acceptors (Lipinski definition) is 12. The second-order valence-corrected chi connectivity index (χ2v) is 10.5. The molecule has 16 nitrogen and oxygen atoms in total. The predicted molar refractivity (Wildman–Crippen MR) is 141 cm³/mol. The topological polar surface area (TPSA) is 198 Å². The molecule has 0 bridgehead atoms. The minimum atomic E-state index is -0.914. The summed E-state index contributed by atoms with van der Waals surface area (Å²) in [6, 6.07) is 4.39. The predicted octanol–water partition coefficient (Wildman–Crippen LogP) is 1.37. The van der Waals surface area contributed by atoms with Crippen LogP contribution in [0, 0.1) is 27.9 Å². The molecule has 2 aliphatic heterocycles. The lowest BCUT2D eigenvalue weighted by atomic mass is 9.76. The van der Waals surface area contributed by atoms with Gasteiger partial charge in [0.05, 0.1) is 23.5 Å². The number of carbonyl (C=O) groups is 4. The molecule has 2 aliphatic rings. The molecule has 2 amide bonds. The molecule has 0 saturated carbocycles. The molecular formula is C26H31N7O9. The molecule has 42 heavy (non-hydrogen) atoms. The fourth-order valence-electron chi connectivity index (χ4n) is 4.97. The van der Waals surface area contributed by atoms with E-state index in [1.54, 1.807) is 13.8 Å². The Bertz CT molecular complexity index is 1370. The maximum Gasteiger partial charge on any atom is 0.508 e. The summed E-state index contributed by atoms with van der Waals surface area (Å²) in [6.45, 7) is 6.70. The highest BCUT2D eigenvalue weighted by atomic mass is 16.7. The zero-order chi connectivity index (χ0) is 30.6. The minimum absolute atomic E-state index is 0.0421. The van der Waals surface area contributed by atoms with E-state index in [4.69, 9.17) is 14.2 Å². The van der Waals surface area contributed by atoms with Crippen molar-refractivity contribution in [1.29, 1.82) is 0 Å². The van der Waals surface area contributed by atoms with Gasteiger partial charge < -0.3 is 24.4 Å². The summed E-state index contributed by atoms with van der Waals surface area (Å²) in [5.74, 6) is -2.63. The fourth-order valence-corrected chi connectivity index (χ4v) is 4.97. The summed E-state index contributed by atoms with van der Waals surface area (Å²) in [5, 5.41) is 24.3. The standard InChI is InChI=1S/C26H31N7O9/c1-14(2)10-41-26(37)42-12-19-15(3)22-21(16(4)28-20(34)9-31-13-27-29-30-31)24(35)32(22)23(19)25(36)40-11-17-5-7-18(8-6-17)33(38)39/h5-8,13-16,21-22H,9-12H2,1-4H3,(H,28,34)/t15-,16+,21+,22+/m0/s1. The Balaban J connectivity index is 1.49. The second kappa shape index (κ2) is 12.7. The van der Waals surface area contributed by atoms with Gasteiger partial charge in [-0.25, -0.2) is 14.3 Å². The van der Waals surface area contributed by atoms with Gasteiger partial charge in [-0.05, 0) is 41.0 Å². The van der Waals surface area contributed by atoms with Gasteiger partial charge in [0.15, 0.2) is 0 Å². The maximum atomic E-state index is 13.4.